The molecule has 2 aliphatic heterocycles. The molecule has 1 amide bonds. The lowest BCUT2D eigenvalue weighted by molar-refractivity contribution is -0.193. The van der Waals surface area contributed by atoms with Crippen molar-refractivity contribution in [2.24, 2.45) is 0 Å². The number of aryl methyl sites for hydroxylation is 2. The maximum atomic E-state index is 16.0. The fourth-order valence-corrected chi connectivity index (χ4v) is 6.47. The van der Waals surface area contributed by atoms with Crippen molar-refractivity contribution in [2.75, 3.05) is 25.4 Å². The van der Waals surface area contributed by atoms with Crippen LogP contribution >= 0.6 is 11.3 Å². The normalized spacial score (nSPS) is 16.1. The van der Waals surface area contributed by atoms with E-state index in [-0.39, 0.29) is 32.8 Å². The summed E-state index contributed by atoms with van der Waals surface area (Å²) in [4.78, 5) is 33.2. The van der Waals surface area contributed by atoms with Gasteiger partial charge in [-0.15, -0.1) is 11.3 Å². The van der Waals surface area contributed by atoms with Crippen LogP contribution in [0.1, 0.15) is 27.9 Å². The van der Waals surface area contributed by atoms with E-state index in [1.807, 2.05) is 22.6 Å². The molecule has 6 rings (SSSR count). The number of anilines is 1. The molecule has 48 heavy (non-hydrogen) atoms. The van der Waals surface area contributed by atoms with Gasteiger partial charge in [0.1, 0.15) is 22.7 Å². The van der Waals surface area contributed by atoms with Crippen LogP contribution in [0.2, 0.25) is 0 Å². The van der Waals surface area contributed by atoms with Crippen LogP contribution in [-0.4, -0.2) is 75.6 Å². The number of piperazine rings is 1. The number of carbonyl (C=O) groups is 3. The molecule has 0 bridgehead atoms. The summed E-state index contributed by atoms with van der Waals surface area (Å²) < 4.78 is 96.3. The van der Waals surface area contributed by atoms with Crippen molar-refractivity contribution in [3.63, 3.8) is 0 Å². The number of fused-ring (bicyclic) bond motifs is 2. The van der Waals surface area contributed by atoms with Crippen LogP contribution in [0.4, 0.5) is 40.1 Å². The number of nitrogens with zero attached hydrogens (tertiary/aromatic N) is 3. The van der Waals surface area contributed by atoms with Crippen molar-refractivity contribution in [3.05, 3.63) is 52.7 Å². The minimum absolute atomic E-state index is 0.0542. The van der Waals surface area contributed by atoms with Crippen LogP contribution in [0.15, 0.2) is 24.4 Å². The summed E-state index contributed by atoms with van der Waals surface area (Å²) in [6, 6.07) is 6.19. The van der Waals surface area contributed by atoms with Crippen molar-refractivity contribution in [1.82, 2.24) is 14.8 Å². The zero-order chi connectivity index (χ0) is 35.9. The molecule has 256 valence electrons. The second-order valence-electron chi connectivity index (χ2n) is 10.5. The molecule has 10 nitrogen and oxygen atoms in total. The van der Waals surface area contributed by atoms with Gasteiger partial charge in [-0.3, -0.25) is 4.79 Å². The smallest absolute Gasteiger partial charge is 0.475 e. The third-order valence-corrected chi connectivity index (χ3v) is 8.54. The fourth-order valence-electron chi connectivity index (χ4n) is 5.53. The Balaban J connectivity index is 0.000000314. The Morgan fingerprint density at radius 2 is 1.62 bits per heavy atom. The van der Waals surface area contributed by atoms with Crippen LogP contribution in [0.25, 0.3) is 32.1 Å². The Morgan fingerprint density at radius 1 is 1.02 bits per heavy atom. The van der Waals surface area contributed by atoms with Crippen LogP contribution in [0, 0.1) is 29.9 Å². The monoisotopic (exact) mass is 705 g/mol. The standard InChI is InChI=1S/C25H21F2N5OS.2C2HF3O2/c1-12-11-31-6-4-13-10-30-5-7-32(13)25(33)15-8-18(27)21(19(12)22(15)31)14-2-3-17(26)23-20(14)16(9-28)24(29)34-23;2*3-2(4,5)1(6)7/h2-3,8,11,13,30H,4-7,10,29H2,1H3;2*(H,6,7). The van der Waals surface area contributed by atoms with Gasteiger partial charge in [0.15, 0.2) is 0 Å². The van der Waals surface area contributed by atoms with Crippen LogP contribution in [0.5, 0.6) is 0 Å². The third-order valence-electron chi connectivity index (χ3n) is 7.51. The molecule has 4 heterocycles. The predicted octanol–water partition coefficient (Wildman–Crippen LogP) is 5.65. The lowest BCUT2D eigenvalue weighted by atomic mass is 9.92. The molecule has 19 heteroatoms. The number of hydrogen-bond donors (Lipinski definition) is 4. The second-order valence-corrected chi connectivity index (χ2v) is 11.6. The van der Waals surface area contributed by atoms with Gasteiger partial charge in [-0.25, -0.2) is 18.4 Å². The first-order valence-electron chi connectivity index (χ1n) is 13.6. The number of alkyl halides is 6. The summed E-state index contributed by atoms with van der Waals surface area (Å²) in [5, 5.41) is 28.4. The van der Waals surface area contributed by atoms with E-state index in [9.17, 15) is 40.8 Å². The SMILES string of the molecule is Cc1cn2c3c(cc(F)c(-c4ccc(F)c5sc(N)c(C#N)c45)c13)C(=O)N1CCNCC1CC2.O=C(O)C(F)(F)F.O=C(O)C(F)(F)F. The van der Waals surface area contributed by atoms with E-state index >= 15 is 4.39 Å². The lowest BCUT2D eigenvalue weighted by Gasteiger charge is -2.38. The molecular formula is C29H23F8N5O5S. The topological polar surface area (TPSA) is 162 Å². The van der Waals surface area contributed by atoms with Crippen molar-refractivity contribution in [1.29, 1.82) is 5.26 Å². The first kappa shape index (κ1) is 35.9. The zero-order valence-electron chi connectivity index (χ0n) is 24.4. The number of aromatic nitrogens is 1. The summed E-state index contributed by atoms with van der Waals surface area (Å²) in [5.74, 6) is -6.78. The second kappa shape index (κ2) is 13.3. The maximum Gasteiger partial charge on any atom is 0.490 e. The first-order valence-corrected chi connectivity index (χ1v) is 14.5. The molecule has 0 spiro atoms. The van der Waals surface area contributed by atoms with E-state index in [0.717, 1.165) is 29.9 Å². The molecule has 0 saturated carbocycles. The van der Waals surface area contributed by atoms with Crippen LogP contribution in [0.3, 0.4) is 0 Å². The maximum absolute atomic E-state index is 16.0. The number of amides is 1. The summed E-state index contributed by atoms with van der Waals surface area (Å²) in [6.07, 6.45) is -7.43. The van der Waals surface area contributed by atoms with Gasteiger partial charge >= 0.3 is 24.3 Å². The highest BCUT2D eigenvalue weighted by Gasteiger charge is 2.39. The Bertz CT molecular complexity index is 1960. The van der Waals surface area contributed by atoms with Crippen LogP contribution in [-0.2, 0) is 16.1 Å². The fraction of sp³-hybridized carbons (Fsp3) is 0.310. The van der Waals surface area contributed by atoms with Gasteiger partial charge in [-0.2, -0.15) is 31.6 Å². The number of nitrogen functional groups attached to an aromatic ring is 1. The summed E-state index contributed by atoms with van der Waals surface area (Å²) in [5.41, 5.74) is 8.65. The van der Waals surface area contributed by atoms with Gasteiger partial charge in [0.2, 0.25) is 0 Å². The number of rotatable bonds is 1. The molecule has 2 aliphatic rings. The number of aliphatic carboxylic acids is 2. The number of carboxylic acid groups (broad SMARTS) is 2. The highest BCUT2D eigenvalue weighted by molar-refractivity contribution is 7.23. The van der Waals surface area contributed by atoms with E-state index in [4.69, 9.17) is 25.5 Å². The molecular weight excluding hydrogens is 682 g/mol. The van der Waals surface area contributed by atoms with Gasteiger partial charge in [0.05, 0.1) is 21.3 Å². The Kier molecular flexibility index (Phi) is 9.92. The minimum atomic E-state index is -5.08. The van der Waals surface area contributed by atoms with E-state index in [2.05, 4.69) is 11.4 Å². The number of thiophene rings is 1. The highest BCUT2D eigenvalue weighted by Crippen LogP contribution is 2.45. The summed E-state index contributed by atoms with van der Waals surface area (Å²) in [7, 11) is 0. The quantitative estimate of drug-likeness (QED) is 0.185. The lowest BCUT2D eigenvalue weighted by Crippen LogP contribution is -2.54. The zero-order valence-corrected chi connectivity index (χ0v) is 25.2. The minimum Gasteiger partial charge on any atom is -0.475 e. The summed E-state index contributed by atoms with van der Waals surface area (Å²) >= 11 is 0.983. The predicted molar refractivity (Wildman–Crippen MR) is 156 cm³/mol. The Morgan fingerprint density at radius 3 is 2.19 bits per heavy atom. The Hall–Kier alpha value is -4.96. The van der Waals surface area contributed by atoms with Crippen molar-refractivity contribution in [3.8, 4) is 17.2 Å². The number of nitrogens with one attached hydrogen (secondary N) is 1. The molecule has 2 aromatic carbocycles. The number of halogens is 8. The van der Waals surface area contributed by atoms with Gasteiger partial charge in [0, 0.05) is 54.8 Å². The molecule has 1 fully saturated rings. The van der Waals surface area contributed by atoms with Gasteiger partial charge in [-0.05, 0) is 36.6 Å². The molecule has 5 N–H and O–H groups in total. The molecule has 1 unspecified atom stereocenters. The molecule has 1 atom stereocenters. The van der Waals surface area contributed by atoms with Gasteiger partial charge in [0.25, 0.3) is 5.91 Å². The average Bonchev–Trinajstić information content (AvgIpc) is 3.51. The highest BCUT2D eigenvalue weighted by atomic mass is 32.1. The largest absolute Gasteiger partial charge is 0.490 e. The molecule has 1 saturated heterocycles. The molecule has 0 aliphatic carbocycles. The molecule has 0 radical (unpaired) electrons. The van der Waals surface area contributed by atoms with E-state index in [1.165, 1.54) is 18.2 Å². The van der Waals surface area contributed by atoms with Crippen molar-refractivity contribution in [2.45, 2.75) is 38.3 Å². The van der Waals surface area contributed by atoms with E-state index < -0.39 is 35.9 Å². The number of nitrogens with two attached hydrogens (primary N) is 1. The number of benzene rings is 2. The van der Waals surface area contributed by atoms with Gasteiger partial charge in [-0.1, -0.05) is 6.07 Å². The number of nitriles is 1. The number of hydrogen-bond acceptors (Lipinski definition) is 7. The molecule has 2 aromatic heterocycles. The van der Waals surface area contributed by atoms with Gasteiger partial charge < -0.3 is 30.7 Å². The number of carbonyl (C=O) groups excluding carboxylic acids is 1. The first-order chi connectivity index (χ1) is 22.3. The van der Waals surface area contributed by atoms with E-state index in [0.29, 0.717) is 47.1 Å². The molecule has 4 aromatic rings. The summed E-state index contributed by atoms with van der Waals surface area (Å²) in [6.45, 7) is 4.57. The third kappa shape index (κ3) is 6.85. The van der Waals surface area contributed by atoms with E-state index in [1.54, 1.807) is 0 Å². The van der Waals surface area contributed by atoms with Crippen molar-refractivity contribution >= 4 is 55.2 Å². The average molecular weight is 706 g/mol. The van der Waals surface area contributed by atoms with Crippen LogP contribution < -0.4 is 11.1 Å². The van der Waals surface area contributed by atoms with Crippen molar-refractivity contribution < 1.29 is 59.7 Å². The Labute approximate surface area is 268 Å². The number of carboxylic acids is 2.